The Morgan fingerprint density at radius 2 is 1.88 bits per heavy atom. The minimum absolute atomic E-state index is 0.112. The summed E-state index contributed by atoms with van der Waals surface area (Å²) in [5.74, 6) is -0.464. The van der Waals surface area contributed by atoms with E-state index in [9.17, 15) is 17.6 Å². The molecule has 2 aromatic carbocycles. The van der Waals surface area contributed by atoms with Gasteiger partial charge < -0.3 is 10.1 Å². The number of carbonyl (C=O) groups excluding carboxylic acids is 1. The quantitative estimate of drug-likeness (QED) is 0.541. The lowest BCUT2D eigenvalue weighted by molar-refractivity contribution is -0.126. The minimum Gasteiger partial charge on any atom is -0.497 e. The van der Waals surface area contributed by atoms with Crippen LogP contribution in [0.5, 0.6) is 5.75 Å². The second-order valence-electron chi connectivity index (χ2n) is 7.89. The molecular formula is C24H25FN2O4S2. The molecule has 3 aromatic rings. The summed E-state index contributed by atoms with van der Waals surface area (Å²) >= 11 is 1.50. The van der Waals surface area contributed by atoms with Gasteiger partial charge in [0, 0.05) is 18.0 Å². The number of nitrogens with zero attached hydrogens (tertiary/aromatic N) is 1. The number of hydrogen-bond donors (Lipinski definition) is 1. The van der Waals surface area contributed by atoms with Crippen LogP contribution in [0.25, 0.3) is 0 Å². The van der Waals surface area contributed by atoms with E-state index in [1.165, 1.54) is 47.0 Å². The Kier molecular flexibility index (Phi) is 7.11. The molecule has 2 unspecified atom stereocenters. The molecule has 1 aromatic heterocycles. The fourth-order valence-corrected chi connectivity index (χ4v) is 6.29. The number of methoxy groups -OCH3 is 1. The average molecular weight is 489 g/mol. The molecule has 0 aliphatic carbocycles. The van der Waals surface area contributed by atoms with Gasteiger partial charge in [0.05, 0.1) is 24.0 Å². The van der Waals surface area contributed by atoms with Crippen LogP contribution < -0.4 is 10.1 Å². The van der Waals surface area contributed by atoms with E-state index in [0.29, 0.717) is 25.1 Å². The summed E-state index contributed by atoms with van der Waals surface area (Å²) in [6.45, 7) is 0.477. The van der Waals surface area contributed by atoms with Gasteiger partial charge in [0.2, 0.25) is 15.9 Å². The number of nitrogens with one attached hydrogen (secondary N) is 1. The van der Waals surface area contributed by atoms with Gasteiger partial charge in [-0.25, -0.2) is 12.8 Å². The van der Waals surface area contributed by atoms with Crippen LogP contribution in [0.15, 0.2) is 70.9 Å². The van der Waals surface area contributed by atoms with Crippen molar-refractivity contribution in [1.29, 1.82) is 0 Å². The number of rotatable bonds is 7. The summed E-state index contributed by atoms with van der Waals surface area (Å²) in [5.41, 5.74) is 0.769. The number of ether oxygens (including phenoxy) is 1. The number of amides is 1. The first-order chi connectivity index (χ1) is 15.9. The Labute approximate surface area is 197 Å². The standard InChI is InChI=1S/C24H25FN2O4S2/c1-31-20-10-12-21(13-11-20)33(29,30)27-14-2-4-18(16-27)24(28)26-23(22-5-3-15-32-22)17-6-8-19(25)9-7-17/h3,5-13,15,18,23H,2,4,14,16H2,1H3,(H,26,28). The van der Waals surface area contributed by atoms with Crippen molar-refractivity contribution >= 4 is 27.3 Å². The van der Waals surface area contributed by atoms with Crippen LogP contribution in [-0.4, -0.2) is 38.8 Å². The lowest BCUT2D eigenvalue weighted by Gasteiger charge is -2.32. The number of thiophene rings is 1. The third-order valence-corrected chi connectivity index (χ3v) is 8.59. The fourth-order valence-electron chi connectivity index (χ4n) is 3.96. The van der Waals surface area contributed by atoms with Crippen LogP contribution in [0.4, 0.5) is 4.39 Å². The zero-order chi connectivity index (χ0) is 23.4. The van der Waals surface area contributed by atoms with Crippen molar-refractivity contribution in [2.75, 3.05) is 20.2 Å². The molecule has 0 bridgehead atoms. The van der Waals surface area contributed by atoms with Gasteiger partial charge in [-0.1, -0.05) is 18.2 Å². The van der Waals surface area contributed by atoms with Gasteiger partial charge >= 0.3 is 0 Å². The van der Waals surface area contributed by atoms with Gasteiger partial charge in [-0.05, 0) is 66.2 Å². The second-order valence-corrected chi connectivity index (χ2v) is 10.8. The van der Waals surface area contributed by atoms with Crippen LogP contribution >= 0.6 is 11.3 Å². The molecule has 1 amide bonds. The van der Waals surface area contributed by atoms with Gasteiger partial charge in [0.15, 0.2) is 0 Å². The number of halogens is 1. The van der Waals surface area contributed by atoms with E-state index < -0.39 is 22.0 Å². The highest BCUT2D eigenvalue weighted by Crippen LogP contribution is 2.29. The van der Waals surface area contributed by atoms with Crippen molar-refractivity contribution in [3.05, 3.63) is 82.3 Å². The topological polar surface area (TPSA) is 75.7 Å². The largest absolute Gasteiger partial charge is 0.497 e. The van der Waals surface area contributed by atoms with Crippen LogP contribution in [0.1, 0.15) is 29.3 Å². The number of piperidine rings is 1. The summed E-state index contributed by atoms with van der Waals surface area (Å²) in [7, 11) is -2.20. The Morgan fingerprint density at radius 1 is 1.15 bits per heavy atom. The summed E-state index contributed by atoms with van der Waals surface area (Å²) in [6.07, 6.45) is 1.19. The highest BCUT2D eigenvalue weighted by atomic mass is 32.2. The van der Waals surface area contributed by atoms with Crippen LogP contribution in [0, 0.1) is 11.7 Å². The number of hydrogen-bond acceptors (Lipinski definition) is 5. The Hall–Kier alpha value is -2.75. The van der Waals surface area contributed by atoms with E-state index in [2.05, 4.69) is 5.32 Å². The van der Waals surface area contributed by atoms with E-state index in [1.807, 2.05) is 17.5 Å². The molecule has 1 aliphatic heterocycles. The molecule has 0 saturated carbocycles. The number of benzene rings is 2. The molecule has 1 N–H and O–H groups in total. The smallest absolute Gasteiger partial charge is 0.243 e. The van der Waals surface area contributed by atoms with Gasteiger partial charge in [0.1, 0.15) is 11.6 Å². The lowest BCUT2D eigenvalue weighted by atomic mass is 9.97. The lowest BCUT2D eigenvalue weighted by Crippen LogP contribution is -2.46. The molecule has 1 saturated heterocycles. The Morgan fingerprint density at radius 3 is 2.52 bits per heavy atom. The van der Waals surface area contributed by atoms with E-state index in [-0.39, 0.29) is 23.2 Å². The predicted molar refractivity (Wildman–Crippen MR) is 125 cm³/mol. The van der Waals surface area contributed by atoms with E-state index >= 15 is 0 Å². The SMILES string of the molecule is COc1ccc(S(=O)(=O)N2CCCC(C(=O)NC(c3ccc(F)cc3)c3cccs3)C2)cc1. The third-order valence-electron chi connectivity index (χ3n) is 5.77. The maximum atomic E-state index is 13.4. The summed E-state index contributed by atoms with van der Waals surface area (Å²) < 4.78 is 46.2. The monoisotopic (exact) mass is 488 g/mol. The molecule has 6 nitrogen and oxygen atoms in total. The molecule has 33 heavy (non-hydrogen) atoms. The summed E-state index contributed by atoms with van der Waals surface area (Å²) in [5, 5.41) is 4.98. The Bertz CT molecular complexity index is 1180. The van der Waals surface area contributed by atoms with Crippen molar-refractivity contribution in [1.82, 2.24) is 9.62 Å². The number of carbonyl (C=O) groups is 1. The minimum atomic E-state index is -3.72. The van der Waals surface area contributed by atoms with Crippen molar-refractivity contribution in [3.63, 3.8) is 0 Å². The van der Waals surface area contributed by atoms with E-state index in [0.717, 1.165) is 10.4 Å². The highest BCUT2D eigenvalue weighted by molar-refractivity contribution is 7.89. The second kappa shape index (κ2) is 10.0. The molecule has 0 radical (unpaired) electrons. The maximum absolute atomic E-state index is 13.4. The highest BCUT2D eigenvalue weighted by Gasteiger charge is 2.34. The van der Waals surface area contributed by atoms with Gasteiger partial charge in [-0.3, -0.25) is 4.79 Å². The first-order valence-corrected chi connectivity index (χ1v) is 12.9. The first kappa shape index (κ1) is 23.4. The Balaban J connectivity index is 1.51. The number of sulfonamides is 1. The average Bonchev–Trinajstić information content (AvgIpc) is 3.38. The van der Waals surface area contributed by atoms with Crippen molar-refractivity contribution < 1.29 is 22.3 Å². The predicted octanol–water partition coefficient (Wildman–Crippen LogP) is 4.20. The van der Waals surface area contributed by atoms with E-state index in [4.69, 9.17) is 4.74 Å². The van der Waals surface area contributed by atoms with Crippen LogP contribution in [0.2, 0.25) is 0 Å². The molecule has 2 atom stereocenters. The van der Waals surface area contributed by atoms with E-state index in [1.54, 1.807) is 24.3 Å². The van der Waals surface area contributed by atoms with Crippen LogP contribution in [-0.2, 0) is 14.8 Å². The van der Waals surface area contributed by atoms with Crippen molar-refractivity contribution in [2.45, 2.75) is 23.8 Å². The van der Waals surface area contributed by atoms with Crippen molar-refractivity contribution in [3.8, 4) is 5.75 Å². The van der Waals surface area contributed by atoms with Crippen molar-refractivity contribution in [2.24, 2.45) is 5.92 Å². The molecule has 9 heteroatoms. The molecule has 0 spiro atoms. The summed E-state index contributed by atoms with van der Waals surface area (Å²) in [6, 6.07) is 15.7. The normalized spacial score (nSPS) is 17.9. The molecule has 174 valence electrons. The van der Waals surface area contributed by atoms with Gasteiger partial charge in [0.25, 0.3) is 0 Å². The van der Waals surface area contributed by atoms with Gasteiger partial charge in [-0.2, -0.15) is 4.31 Å². The molecule has 2 heterocycles. The van der Waals surface area contributed by atoms with Crippen LogP contribution in [0.3, 0.4) is 0 Å². The zero-order valence-corrected chi connectivity index (χ0v) is 19.7. The molecule has 1 aliphatic rings. The molecule has 1 fully saturated rings. The van der Waals surface area contributed by atoms with Gasteiger partial charge in [-0.15, -0.1) is 11.3 Å². The molecular weight excluding hydrogens is 463 g/mol. The molecule has 4 rings (SSSR count). The zero-order valence-electron chi connectivity index (χ0n) is 18.1. The third kappa shape index (κ3) is 5.26. The maximum Gasteiger partial charge on any atom is 0.243 e. The first-order valence-electron chi connectivity index (χ1n) is 10.6. The summed E-state index contributed by atoms with van der Waals surface area (Å²) in [4.78, 5) is 14.3. The fraction of sp³-hybridized carbons (Fsp3) is 0.292.